The third-order valence-electron chi connectivity index (χ3n) is 2.44. The lowest BCUT2D eigenvalue weighted by molar-refractivity contribution is -0.139. The van der Waals surface area contributed by atoms with Gasteiger partial charge in [-0.25, -0.2) is 4.79 Å². The number of hydrogen-bond acceptors (Lipinski definition) is 4. The third-order valence-corrected chi connectivity index (χ3v) is 2.44. The lowest BCUT2D eigenvalue weighted by Gasteiger charge is -2.21. The maximum absolute atomic E-state index is 11.7. The number of hydrogen-bond donors (Lipinski definition) is 3. The number of pyridine rings is 1. The molecule has 0 aromatic carbocycles. The van der Waals surface area contributed by atoms with E-state index >= 15 is 0 Å². The van der Waals surface area contributed by atoms with Crippen molar-refractivity contribution in [1.82, 2.24) is 10.3 Å². The topological polar surface area (TPSA) is 108 Å². The Morgan fingerprint density at radius 3 is 2.55 bits per heavy atom. The summed E-state index contributed by atoms with van der Waals surface area (Å²) in [6.45, 7) is 3.31. The van der Waals surface area contributed by atoms with Crippen LogP contribution >= 0.6 is 0 Å². The van der Waals surface area contributed by atoms with Gasteiger partial charge in [-0.15, -0.1) is 0 Å². The molecule has 0 bridgehead atoms. The van der Waals surface area contributed by atoms with Crippen molar-refractivity contribution in [2.45, 2.75) is 26.7 Å². The molecule has 0 aliphatic heterocycles. The zero-order valence-electron chi connectivity index (χ0n) is 11.3. The van der Waals surface area contributed by atoms with E-state index < -0.39 is 23.3 Å². The first-order chi connectivity index (χ1) is 9.28. The van der Waals surface area contributed by atoms with E-state index in [1.54, 1.807) is 32.2 Å². The van der Waals surface area contributed by atoms with E-state index in [1.165, 1.54) is 6.20 Å². The van der Waals surface area contributed by atoms with Crippen LogP contribution in [-0.2, 0) is 9.59 Å². The van der Waals surface area contributed by atoms with Crippen LogP contribution in [0.3, 0.4) is 0 Å². The number of aliphatic carboxylic acids is 1. The van der Waals surface area contributed by atoms with Gasteiger partial charge in [-0.05, 0) is 17.5 Å². The summed E-state index contributed by atoms with van der Waals surface area (Å²) in [5, 5.41) is 13.3. The highest BCUT2D eigenvalue weighted by atomic mass is 16.4. The minimum absolute atomic E-state index is 0.0558. The number of imide groups is 1. The first kappa shape index (κ1) is 15.6. The van der Waals surface area contributed by atoms with Crippen LogP contribution in [0.4, 0.5) is 10.5 Å². The number of carboxylic acids is 1. The Bertz CT molecular complexity index is 500. The predicted octanol–water partition coefficient (Wildman–Crippen LogP) is 1.62. The molecule has 1 aromatic rings. The lowest BCUT2D eigenvalue weighted by Crippen LogP contribution is -2.37. The van der Waals surface area contributed by atoms with Gasteiger partial charge in [-0.1, -0.05) is 13.8 Å². The van der Waals surface area contributed by atoms with Gasteiger partial charge < -0.3 is 10.4 Å². The van der Waals surface area contributed by atoms with Gasteiger partial charge in [0.1, 0.15) is 0 Å². The van der Waals surface area contributed by atoms with Crippen molar-refractivity contribution in [2.24, 2.45) is 5.41 Å². The molecule has 7 heteroatoms. The summed E-state index contributed by atoms with van der Waals surface area (Å²) in [6.07, 6.45) is 2.80. The predicted molar refractivity (Wildman–Crippen MR) is 72.0 cm³/mol. The Labute approximate surface area is 116 Å². The monoisotopic (exact) mass is 279 g/mol. The van der Waals surface area contributed by atoms with Gasteiger partial charge in [-0.3, -0.25) is 19.9 Å². The molecule has 3 N–H and O–H groups in total. The summed E-state index contributed by atoms with van der Waals surface area (Å²) in [5.74, 6) is -1.51. The van der Waals surface area contributed by atoms with Gasteiger partial charge in [0, 0.05) is 12.6 Å². The molecule has 0 aliphatic carbocycles. The highest BCUT2D eigenvalue weighted by molar-refractivity contribution is 6.01. The van der Waals surface area contributed by atoms with Gasteiger partial charge in [0.2, 0.25) is 5.91 Å². The molecular weight excluding hydrogens is 262 g/mol. The first-order valence-electron chi connectivity index (χ1n) is 6.01. The average molecular weight is 279 g/mol. The molecule has 0 radical (unpaired) electrons. The Morgan fingerprint density at radius 1 is 1.30 bits per heavy atom. The fourth-order valence-electron chi connectivity index (χ4n) is 1.68. The molecule has 3 amide bonds. The van der Waals surface area contributed by atoms with E-state index in [2.05, 4.69) is 15.6 Å². The smallest absolute Gasteiger partial charge is 0.325 e. The van der Waals surface area contributed by atoms with Crippen molar-refractivity contribution >= 4 is 23.6 Å². The standard InChI is InChI=1S/C13H17N3O4/c1-13(2,7-11(18)19)6-10(17)16-12(20)15-9-4-3-5-14-8-9/h3-5,8H,6-7H2,1-2H3,(H,18,19)(H2,15,16,17,20). The minimum Gasteiger partial charge on any atom is -0.481 e. The quantitative estimate of drug-likeness (QED) is 0.759. The highest BCUT2D eigenvalue weighted by Gasteiger charge is 2.25. The summed E-state index contributed by atoms with van der Waals surface area (Å²) < 4.78 is 0. The Kier molecular flexibility index (Phi) is 5.19. The van der Waals surface area contributed by atoms with Crippen LogP contribution in [0, 0.1) is 5.41 Å². The summed E-state index contributed by atoms with van der Waals surface area (Å²) >= 11 is 0. The molecule has 0 aliphatic rings. The molecule has 0 unspecified atom stereocenters. The van der Waals surface area contributed by atoms with Gasteiger partial charge in [0.05, 0.1) is 18.3 Å². The molecule has 7 nitrogen and oxygen atoms in total. The van der Waals surface area contributed by atoms with E-state index in [0.29, 0.717) is 5.69 Å². The van der Waals surface area contributed by atoms with Crippen LogP contribution in [0.5, 0.6) is 0 Å². The zero-order chi connectivity index (χ0) is 15.2. The van der Waals surface area contributed by atoms with E-state index in [0.717, 1.165) is 0 Å². The number of amides is 3. The van der Waals surface area contributed by atoms with Crippen molar-refractivity contribution in [3.05, 3.63) is 24.5 Å². The second-order valence-corrected chi connectivity index (χ2v) is 5.16. The maximum Gasteiger partial charge on any atom is 0.325 e. The van der Waals surface area contributed by atoms with Gasteiger partial charge in [-0.2, -0.15) is 0 Å². The molecule has 0 fully saturated rings. The Balaban J connectivity index is 2.46. The molecule has 1 aromatic heterocycles. The number of rotatable bonds is 5. The van der Waals surface area contributed by atoms with E-state index in [9.17, 15) is 14.4 Å². The number of aromatic nitrogens is 1. The third kappa shape index (κ3) is 5.94. The molecule has 1 heterocycles. The summed E-state index contributed by atoms with van der Waals surface area (Å²) in [5.41, 5.74) is -0.257. The van der Waals surface area contributed by atoms with Crippen molar-refractivity contribution in [3.63, 3.8) is 0 Å². The number of nitrogens with one attached hydrogen (secondary N) is 2. The van der Waals surface area contributed by atoms with Crippen molar-refractivity contribution < 1.29 is 19.5 Å². The number of nitrogens with zero attached hydrogens (tertiary/aromatic N) is 1. The van der Waals surface area contributed by atoms with E-state index in [-0.39, 0.29) is 12.8 Å². The number of urea groups is 1. The zero-order valence-corrected chi connectivity index (χ0v) is 11.3. The molecule has 108 valence electrons. The van der Waals surface area contributed by atoms with Crippen molar-refractivity contribution in [3.8, 4) is 0 Å². The fourth-order valence-corrected chi connectivity index (χ4v) is 1.68. The SMILES string of the molecule is CC(C)(CC(=O)O)CC(=O)NC(=O)Nc1cccnc1. The summed E-state index contributed by atoms with van der Waals surface area (Å²) in [4.78, 5) is 37.7. The van der Waals surface area contributed by atoms with E-state index in [1.807, 2.05) is 0 Å². The van der Waals surface area contributed by atoms with Crippen molar-refractivity contribution in [1.29, 1.82) is 0 Å². The number of anilines is 1. The summed E-state index contributed by atoms with van der Waals surface area (Å²) in [6, 6.07) is 2.60. The lowest BCUT2D eigenvalue weighted by atomic mass is 9.85. The second-order valence-electron chi connectivity index (χ2n) is 5.16. The van der Waals surface area contributed by atoms with Crippen LogP contribution in [0.2, 0.25) is 0 Å². The molecule has 0 saturated carbocycles. The van der Waals surface area contributed by atoms with E-state index in [4.69, 9.17) is 5.11 Å². The van der Waals surface area contributed by atoms with Crippen LogP contribution < -0.4 is 10.6 Å². The molecule has 20 heavy (non-hydrogen) atoms. The Morgan fingerprint density at radius 2 is 2.00 bits per heavy atom. The maximum atomic E-state index is 11.7. The molecule has 1 rings (SSSR count). The van der Waals surface area contributed by atoms with Gasteiger partial charge >= 0.3 is 12.0 Å². The number of carbonyl (C=O) groups excluding carboxylic acids is 2. The molecular formula is C13H17N3O4. The van der Waals surface area contributed by atoms with Crippen molar-refractivity contribution in [2.75, 3.05) is 5.32 Å². The number of carbonyl (C=O) groups is 3. The van der Waals surface area contributed by atoms with Crippen LogP contribution in [0.25, 0.3) is 0 Å². The highest BCUT2D eigenvalue weighted by Crippen LogP contribution is 2.24. The Hall–Kier alpha value is -2.44. The summed E-state index contributed by atoms with van der Waals surface area (Å²) in [7, 11) is 0. The van der Waals surface area contributed by atoms with Gasteiger partial charge in [0.15, 0.2) is 0 Å². The molecule has 0 atom stereocenters. The fraction of sp³-hybridized carbons (Fsp3) is 0.385. The largest absolute Gasteiger partial charge is 0.481 e. The first-order valence-corrected chi connectivity index (χ1v) is 6.01. The van der Waals surface area contributed by atoms with Crippen LogP contribution in [-0.4, -0.2) is 28.0 Å². The van der Waals surface area contributed by atoms with Crippen LogP contribution in [0.15, 0.2) is 24.5 Å². The normalized spacial score (nSPS) is 10.7. The molecule has 0 saturated heterocycles. The second kappa shape index (κ2) is 6.65. The van der Waals surface area contributed by atoms with Crippen LogP contribution in [0.1, 0.15) is 26.7 Å². The number of carboxylic acid groups (broad SMARTS) is 1. The minimum atomic E-state index is -0.984. The molecule has 0 spiro atoms. The average Bonchev–Trinajstić information content (AvgIpc) is 2.26. The van der Waals surface area contributed by atoms with Gasteiger partial charge in [0.25, 0.3) is 0 Å².